The highest BCUT2D eigenvalue weighted by atomic mass is 32.2. The highest BCUT2D eigenvalue weighted by Gasteiger charge is 2.21. The van der Waals surface area contributed by atoms with E-state index in [-0.39, 0.29) is 4.90 Å². The molecule has 0 radical (unpaired) electrons. The molecular formula is C21H29N3O2S. The molecule has 1 N–H and O–H groups in total. The number of nitrogens with one attached hydrogen (secondary N) is 1. The van der Waals surface area contributed by atoms with Crippen molar-refractivity contribution >= 4 is 15.7 Å². The third-order valence-corrected chi connectivity index (χ3v) is 6.13. The molecule has 2 unspecified atom stereocenters. The fraction of sp³-hybridized carbons (Fsp3) is 0.476. The van der Waals surface area contributed by atoms with E-state index >= 15 is 0 Å². The quantitative estimate of drug-likeness (QED) is 0.821. The molecule has 2 aromatic rings. The fourth-order valence-electron chi connectivity index (χ4n) is 3.95. The maximum absolute atomic E-state index is 11.9. The Morgan fingerprint density at radius 1 is 1.07 bits per heavy atom. The van der Waals surface area contributed by atoms with Crippen LogP contribution in [0, 0.1) is 11.8 Å². The average molecular weight is 388 g/mol. The number of benzene rings is 1. The number of sulfone groups is 1. The number of piperidine rings is 1. The number of nitrogens with zero attached hydrogens (tertiary/aromatic N) is 2. The predicted octanol–water partition coefficient (Wildman–Crippen LogP) is 3.58. The van der Waals surface area contributed by atoms with E-state index in [1.165, 1.54) is 31.3 Å². The van der Waals surface area contributed by atoms with Crippen molar-refractivity contribution in [1.82, 2.24) is 9.88 Å². The zero-order chi connectivity index (χ0) is 19.4. The topological polar surface area (TPSA) is 62.3 Å². The van der Waals surface area contributed by atoms with Crippen molar-refractivity contribution in [1.29, 1.82) is 0 Å². The van der Waals surface area contributed by atoms with Crippen LogP contribution < -0.4 is 5.32 Å². The Morgan fingerprint density at radius 2 is 1.70 bits per heavy atom. The van der Waals surface area contributed by atoms with Gasteiger partial charge in [-0.25, -0.2) is 13.4 Å². The summed E-state index contributed by atoms with van der Waals surface area (Å²) < 4.78 is 23.7. The Morgan fingerprint density at radius 3 is 2.33 bits per heavy atom. The number of aromatic nitrogens is 1. The normalized spacial score (nSPS) is 21.1. The van der Waals surface area contributed by atoms with Crippen LogP contribution >= 0.6 is 0 Å². The van der Waals surface area contributed by atoms with Gasteiger partial charge in [-0.3, -0.25) is 4.90 Å². The Balaban J connectivity index is 1.60. The van der Waals surface area contributed by atoms with Crippen molar-refractivity contribution in [3.8, 4) is 0 Å². The van der Waals surface area contributed by atoms with Crippen LogP contribution in [0.3, 0.4) is 0 Å². The molecule has 0 spiro atoms. The summed E-state index contributed by atoms with van der Waals surface area (Å²) >= 11 is 0. The van der Waals surface area contributed by atoms with Crippen LogP contribution in [0.4, 0.5) is 5.82 Å². The first kappa shape index (κ1) is 19.8. The molecular weight excluding hydrogens is 358 g/mol. The molecule has 0 aliphatic carbocycles. The fourth-order valence-corrected chi connectivity index (χ4v) is 4.75. The Hall–Kier alpha value is -1.92. The molecule has 0 bridgehead atoms. The second-order valence-electron chi connectivity index (χ2n) is 7.93. The predicted molar refractivity (Wildman–Crippen MR) is 109 cm³/mol. The standard InChI is InChI=1S/C21H29N3O2S/c1-16-11-17(2)14-24(13-16)15-19-8-6-18(7-9-19)12-23-21-20(27(3,25)26)5-4-10-22-21/h4-10,16-17H,11-15H2,1-3H3,(H,22,23). The van der Waals surface area contributed by atoms with E-state index in [1.54, 1.807) is 18.3 Å². The maximum atomic E-state index is 11.9. The summed E-state index contributed by atoms with van der Waals surface area (Å²) in [5.41, 5.74) is 2.42. The molecule has 1 aliphatic heterocycles. The molecule has 0 amide bonds. The van der Waals surface area contributed by atoms with Gasteiger partial charge >= 0.3 is 0 Å². The second kappa shape index (κ2) is 8.40. The monoisotopic (exact) mass is 387 g/mol. The molecule has 1 saturated heterocycles. The van der Waals surface area contributed by atoms with E-state index < -0.39 is 9.84 Å². The molecule has 1 aromatic carbocycles. The van der Waals surface area contributed by atoms with Gasteiger partial charge in [0.2, 0.25) is 0 Å². The first-order valence-electron chi connectivity index (χ1n) is 9.50. The van der Waals surface area contributed by atoms with Gasteiger partial charge in [-0.1, -0.05) is 38.1 Å². The molecule has 146 valence electrons. The van der Waals surface area contributed by atoms with Gasteiger partial charge in [-0.2, -0.15) is 0 Å². The van der Waals surface area contributed by atoms with Crippen LogP contribution in [0.25, 0.3) is 0 Å². The highest BCUT2D eigenvalue weighted by molar-refractivity contribution is 7.90. The average Bonchev–Trinajstić information content (AvgIpc) is 2.60. The largest absolute Gasteiger partial charge is 0.365 e. The minimum absolute atomic E-state index is 0.231. The second-order valence-corrected chi connectivity index (χ2v) is 9.92. The number of hydrogen-bond donors (Lipinski definition) is 1. The Labute approximate surface area is 162 Å². The van der Waals surface area contributed by atoms with Gasteiger partial charge in [0.05, 0.1) is 0 Å². The Bertz CT molecular complexity index is 855. The van der Waals surface area contributed by atoms with Crippen molar-refractivity contribution in [2.45, 2.75) is 38.3 Å². The van der Waals surface area contributed by atoms with Gasteiger partial charge in [-0.15, -0.1) is 0 Å². The van der Waals surface area contributed by atoms with Crippen LogP contribution in [-0.2, 0) is 22.9 Å². The van der Waals surface area contributed by atoms with Crippen LogP contribution in [0.15, 0.2) is 47.5 Å². The van der Waals surface area contributed by atoms with Crippen LogP contribution in [0.2, 0.25) is 0 Å². The lowest BCUT2D eigenvalue weighted by Gasteiger charge is -2.35. The summed E-state index contributed by atoms with van der Waals surface area (Å²) in [6.07, 6.45) is 4.12. The molecule has 1 aromatic heterocycles. The molecule has 3 rings (SSSR count). The third-order valence-electron chi connectivity index (χ3n) is 5.00. The van der Waals surface area contributed by atoms with Crippen molar-refractivity contribution in [2.75, 3.05) is 24.7 Å². The first-order chi connectivity index (χ1) is 12.8. The van der Waals surface area contributed by atoms with Gasteiger partial charge in [0.25, 0.3) is 0 Å². The minimum atomic E-state index is -3.30. The maximum Gasteiger partial charge on any atom is 0.179 e. The van der Waals surface area contributed by atoms with Crippen LogP contribution in [-0.4, -0.2) is 37.6 Å². The van der Waals surface area contributed by atoms with Crippen molar-refractivity contribution in [3.63, 3.8) is 0 Å². The van der Waals surface area contributed by atoms with Gasteiger partial charge in [0.15, 0.2) is 9.84 Å². The van der Waals surface area contributed by atoms with E-state index in [4.69, 9.17) is 0 Å². The minimum Gasteiger partial charge on any atom is -0.365 e. The van der Waals surface area contributed by atoms with E-state index in [2.05, 4.69) is 53.3 Å². The summed E-state index contributed by atoms with van der Waals surface area (Å²) in [6.45, 7) is 8.53. The summed E-state index contributed by atoms with van der Waals surface area (Å²) in [5.74, 6) is 1.93. The summed E-state index contributed by atoms with van der Waals surface area (Å²) in [6, 6.07) is 11.7. The van der Waals surface area contributed by atoms with Gasteiger partial charge in [0, 0.05) is 38.6 Å². The highest BCUT2D eigenvalue weighted by Crippen LogP contribution is 2.23. The summed E-state index contributed by atoms with van der Waals surface area (Å²) in [7, 11) is -3.30. The van der Waals surface area contributed by atoms with Crippen molar-refractivity contribution in [2.24, 2.45) is 11.8 Å². The third kappa shape index (κ3) is 5.53. The number of hydrogen-bond acceptors (Lipinski definition) is 5. The molecule has 5 nitrogen and oxygen atoms in total. The lowest BCUT2D eigenvalue weighted by Crippen LogP contribution is -2.38. The van der Waals surface area contributed by atoms with Gasteiger partial charge in [0.1, 0.15) is 10.7 Å². The number of pyridine rings is 1. The molecule has 1 aliphatic rings. The smallest absolute Gasteiger partial charge is 0.179 e. The molecule has 27 heavy (non-hydrogen) atoms. The molecule has 6 heteroatoms. The zero-order valence-electron chi connectivity index (χ0n) is 16.4. The first-order valence-corrected chi connectivity index (χ1v) is 11.4. The molecule has 1 fully saturated rings. The summed E-state index contributed by atoms with van der Waals surface area (Å²) in [5, 5.41) is 3.15. The molecule has 2 heterocycles. The summed E-state index contributed by atoms with van der Waals surface area (Å²) in [4.78, 5) is 6.94. The molecule has 2 atom stereocenters. The zero-order valence-corrected chi connectivity index (χ0v) is 17.2. The number of likely N-dealkylation sites (tertiary alicyclic amines) is 1. The number of anilines is 1. The van der Waals surface area contributed by atoms with E-state index in [1.807, 2.05) is 0 Å². The lowest BCUT2D eigenvalue weighted by atomic mass is 9.91. The molecule has 0 saturated carbocycles. The van der Waals surface area contributed by atoms with E-state index in [9.17, 15) is 8.42 Å². The van der Waals surface area contributed by atoms with Gasteiger partial charge < -0.3 is 5.32 Å². The van der Waals surface area contributed by atoms with Gasteiger partial charge in [-0.05, 0) is 41.5 Å². The Kier molecular flexibility index (Phi) is 6.17. The van der Waals surface area contributed by atoms with Crippen molar-refractivity contribution in [3.05, 3.63) is 53.7 Å². The van der Waals surface area contributed by atoms with Crippen LogP contribution in [0.1, 0.15) is 31.4 Å². The van der Waals surface area contributed by atoms with E-state index in [0.29, 0.717) is 12.4 Å². The van der Waals surface area contributed by atoms with Crippen LogP contribution in [0.5, 0.6) is 0 Å². The number of rotatable bonds is 6. The lowest BCUT2D eigenvalue weighted by molar-refractivity contribution is 0.134. The van der Waals surface area contributed by atoms with Crippen molar-refractivity contribution < 1.29 is 8.42 Å². The SMILES string of the molecule is CC1CC(C)CN(Cc2ccc(CNc3ncccc3S(C)(=O)=O)cc2)C1. The van der Waals surface area contributed by atoms with E-state index in [0.717, 1.165) is 23.9 Å².